The number of nitrogens with one attached hydrogen (secondary N) is 1. The number of urea groups is 1. The number of likely N-dealkylation sites (tertiary alicyclic amines) is 2. The van der Waals surface area contributed by atoms with Crippen molar-refractivity contribution in [3.05, 3.63) is 42.7 Å². The maximum Gasteiger partial charge on any atom is 0.320 e. The summed E-state index contributed by atoms with van der Waals surface area (Å²) < 4.78 is 5.38. The topological polar surface area (TPSA) is 65.8 Å². The van der Waals surface area contributed by atoms with Crippen molar-refractivity contribution >= 4 is 17.6 Å². The van der Waals surface area contributed by atoms with Gasteiger partial charge in [-0.2, -0.15) is 0 Å². The van der Waals surface area contributed by atoms with E-state index in [4.69, 9.17) is 4.42 Å². The van der Waals surface area contributed by atoms with E-state index in [9.17, 15) is 9.59 Å². The lowest BCUT2D eigenvalue weighted by molar-refractivity contribution is -0.121. The van der Waals surface area contributed by atoms with Gasteiger partial charge in [0.25, 0.3) is 0 Å². The fraction of sp³-hybridized carbons (Fsp3) is 0.429. The van der Waals surface area contributed by atoms with Gasteiger partial charge in [-0.05, 0) is 62.1 Å². The Balaban J connectivity index is 1.35. The van der Waals surface area contributed by atoms with Crippen LogP contribution < -0.4 is 5.32 Å². The number of hydrogen-bond donors (Lipinski definition) is 1. The molecule has 2 fully saturated rings. The van der Waals surface area contributed by atoms with Crippen molar-refractivity contribution in [2.75, 3.05) is 31.5 Å². The Morgan fingerprint density at radius 3 is 2.41 bits per heavy atom. The molecule has 0 aliphatic carbocycles. The summed E-state index contributed by atoms with van der Waals surface area (Å²) in [7, 11) is 0. The molecule has 1 atom stereocenters. The number of carbonyl (C=O) groups excluding carboxylic acids is 2. The lowest BCUT2D eigenvalue weighted by Gasteiger charge is -2.34. The summed E-state index contributed by atoms with van der Waals surface area (Å²) in [6, 6.07) is 11.5. The summed E-state index contributed by atoms with van der Waals surface area (Å²) in [5.74, 6) is 0.631. The molecule has 2 saturated heterocycles. The molecule has 3 heterocycles. The van der Waals surface area contributed by atoms with E-state index < -0.39 is 0 Å². The van der Waals surface area contributed by atoms with Crippen LogP contribution in [0.15, 0.2) is 47.1 Å². The maximum absolute atomic E-state index is 12.7. The van der Waals surface area contributed by atoms with E-state index in [0.717, 1.165) is 62.3 Å². The first-order chi connectivity index (χ1) is 13.2. The predicted molar refractivity (Wildman–Crippen MR) is 103 cm³/mol. The molecule has 4 rings (SSSR count). The zero-order chi connectivity index (χ0) is 18.6. The molecule has 0 saturated carbocycles. The lowest BCUT2D eigenvalue weighted by atomic mass is 9.97. The van der Waals surface area contributed by atoms with Crippen LogP contribution in [-0.2, 0) is 4.79 Å². The molecule has 0 radical (unpaired) electrons. The average Bonchev–Trinajstić information content (AvgIpc) is 3.42. The van der Waals surface area contributed by atoms with Gasteiger partial charge in [-0.25, -0.2) is 4.79 Å². The maximum atomic E-state index is 12.7. The number of furan rings is 1. The van der Waals surface area contributed by atoms with Crippen molar-refractivity contribution in [2.24, 2.45) is 5.92 Å². The van der Waals surface area contributed by atoms with Crippen molar-refractivity contribution in [3.8, 4) is 11.3 Å². The summed E-state index contributed by atoms with van der Waals surface area (Å²) >= 11 is 0. The summed E-state index contributed by atoms with van der Waals surface area (Å²) in [6.07, 6.45) is 5.49. The van der Waals surface area contributed by atoms with Crippen molar-refractivity contribution in [1.29, 1.82) is 0 Å². The number of nitrogens with zero attached hydrogens (tertiary/aromatic N) is 2. The molecule has 3 amide bonds. The smallest absolute Gasteiger partial charge is 0.320 e. The van der Waals surface area contributed by atoms with Crippen molar-refractivity contribution in [1.82, 2.24) is 9.80 Å². The Bertz CT molecular complexity index is 780. The molecule has 142 valence electrons. The second-order valence-corrected chi connectivity index (χ2v) is 7.31. The van der Waals surface area contributed by atoms with Gasteiger partial charge in [0.05, 0.1) is 12.2 Å². The Morgan fingerprint density at radius 2 is 1.70 bits per heavy atom. The Kier molecular flexibility index (Phi) is 5.14. The minimum absolute atomic E-state index is 0.0142. The minimum Gasteiger partial charge on any atom is -0.464 e. The van der Waals surface area contributed by atoms with Crippen LogP contribution in [0.4, 0.5) is 10.5 Å². The Hall–Kier alpha value is -2.76. The van der Waals surface area contributed by atoms with Crippen LogP contribution in [-0.4, -0.2) is 47.9 Å². The van der Waals surface area contributed by atoms with Crippen LogP contribution in [0.5, 0.6) is 0 Å². The van der Waals surface area contributed by atoms with Crippen LogP contribution in [0.2, 0.25) is 0 Å². The normalized spacial score (nSPS) is 19.9. The predicted octanol–water partition coefficient (Wildman–Crippen LogP) is 3.81. The highest BCUT2D eigenvalue weighted by molar-refractivity contribution is 5.93. The summed E-state index contributed by atoms with van der Waals surface area (Å²) in [5, 5.41) is 2.99. The standard InChI is InChI=1S/C21H25N3O3/c25-20(22-18-9-7-16(8-10-18)19-6-4-14-27-19)17-5-3-13-24(15-17)21(26)23-11-1-2-12-23/h4,6-10,14,17H,1-3,5,11-13,15H2,(H,22,25)/t17-/m0/s1. The molecule has 1 N–H and O–H groups in total. The SMILES string of the molecule is O=C(Nc1ccc(-c2ccco2)cc1)[C@H]1CCCN(C(=O)N2CCCC2)C1. The van der Waals surface area contributed by atoms with E-state index in [2.05, 4.69) is 5.32 Å². The van der Waals surface area contributed by atoms with Crippen LogP contribution in [0.3, 0.4) is 0 Å². The molecule has 2 aliphatic heterocycles. The lowest BCUT2D eigenvalue weighted by Crippen LogP contribution is -2.48. The van der Waals surface area contributed by atoms with Gasteiger partial charge in [-0.1, -0.05) is 0 Å². The molecule has 0 bridgehead atoms. The molecule has 0 unspecified atom stereocenters. The first kappa shape index (κ1) is 17.6. The van der Waals surface area contributed by atoms with Crippen LogP contribution in [0, 0.1) is 5.92 Å². The monoisotopic (exact) mass is 367 g/mol. The van der Waals surface area contributed by atoms with Gasteiger partial charge in [0.1, 0.15) is 5.76 Å². The van der Waals surface area contributed by atoms with E-state index in [1.807, 2.05) is 46.2 Å². The number of amides is 3. The molecule has 1 aromatic heterocycles. The van der Waals surface area contributed by atoms with Gasteiger partial charge >= 0.3 is 6.03 Å². The molecule has 2 aliphatic rings. The van der Waals surface area contributed by atoms with E-state index in [1.54, 1.807) is 6.26 Å². The van der Waals surface area contributed by atoms with Crippen LogP contribution >= 0.6 is 0 Å². The highest BCUT2D eigenvalue weighted by Gasteiger charge is 2.31. The fourth-order valence-corrected chi connectivity index (χ4v) is 3.88. The fourth-order valence-electron chi connectivity index (χ4n) is 3.88. The van der Waals surface area contributed by atoms with Gasteiger partial charge < -0.3 is 19.5 Å². The van der Waals surface area contributed by atoms with Crippen molar-refractivity contribution < 1.29 is 14.0 Å². The van der Waals surface area contributed by atoms with Gasteiger partial charge in [-0.3, -0.25) is 4.79 Å². The summed E-state index contributed by atoms with van der Waals surface area (Å²) in [4.78, 5) is 29.0. The third-order valence-corrected chi connectivity index (χ3v) is 5.40. The second kappa shape index (κ2) is 7.86. The number of rotatable bonds is 3. The molecule has 27 heavy (non-hydrogen) atoms. The first-order valence-corrected chi connectivity index (χ1v) is 9.69. The molecule has 2 aromatic rings. The zero-order valence-electron chi connectivity index (χ0n) is 15.4. The van der Waals surface area contributed by atoms with Crippen molar-refractivity contribution in [2.45, 2.75) is 25.7 Å². The van der Waals surface area contributed by atoms with Gasteiger partial charge in [0.2, 0.25) is 5.91 Å². The Labute approximate surface area is 159 Å². The average molecular weight is 367 g/mol. The third kappa shape index (κ3) is 3.99. The number of benzene rings is 1. The van der Waals surface area contributed by atoms with Gasteiger partial charge in [0.15, 0.2) is 0 Å². The number of piperidine rings is 1. The molecule has 0 spiro atoms. The second-order valence-electron chi connectivity index (χ2n) is 7.31. The highest BCUT2D eigenvalue weighted by atomic mass is 16.3. The molecule has 6 heteroatoms. The highest BCUT2D eigenvalue weighted by Crippen LogP contribution is 2.24. The van der Waals surface area contributed by atoms with E-state index in [0.29, 0.717) is 6.54 Å². The van der Waals surface area contributed by atoms with E-state index in [1.165, 1.54) is 0 Å². The number of anilines is 1. The quantitative estimate of drug-likeness (QED) is 0.897. The Morgan fingerprint density at radius 1 is 0.963 bits per heavy atom. The van der Waals surface area contributed by atoms with Crippen molar-refractivity contribution in [3.63, 3.8) is 0 Å². The third-order valence-electron chi connectivity index (χ3n) is 5.40. The van der Waals surface area contributed by atoms with Crippen LogP contribution in [0.25, 0.3) is 11.3 Å². The number of carbonyl (C=O) groups is 2. The van der Waals surface area contributed by atoms with E-state index >= 15 is 0 Å². The van der Waals surface area contributed by atoms with Gasteiger partial charge in [0, 0.05) is 37.4 Å². The molecular weight excluding hydrogens is 342 g/mol. The molecule has 6 nitrogen and oxygen atoms in total. The minimum atomic E-state index is -0.157. The largest absolute Gasteiger partial charge is 0.464 e. The molecular formula is C21H25N3O3. The van der Waals surface area contributed by atoms with Crippen LogP contribution in [0.1, 0.15) is 25.7 Å². The molecule has 1 aromatic carbocycles. The summed E-state index contributed by atoms with van der Waals surface area (Å²) in [6.45, 7) is 2.94. The first-order valence-electron chi connectivity index (χ1n) is 9.69. The van der Waals surface area contributed by atoms with Gasteiger partial charge in [-0.15, -0.1) is 0 Å². The zero-order valence-corrected chi connectivity index (χ0v) is 15.4. The van der Waals surface area contributed by atoms with E-state index in [-0.39, 0.29) is 17.9 Å². The number of hydrogen-bond acceptors (Lipinski definition) is 3. The summed E-state index contributed by atoms with van der Waals surface area (Å²) in [5.41, 5.74) is 1.73.